The molecule has 2 heterocycles. The molecule has 0 aliphatic heterocycles. The van der Waals surface area contributed by atoms with E-state index in [4.69, 9.17) is 0 Å². The fraction of sp³-hybridized carbons (Fsp3) is 0.231. The SMILES string of the molecule is Cc1cc(C(=O)NC(C(=O)O)c2cccs2)c(C)s1. The Labute approximate surface area is 118 Å². The van der Waals surface area contributed by atoms with Gasteiger partial charge in [0.1, 0.15) is 0 Å². The number of thiophene rings is 2. The molecule has 6 heteroatoms. The summed E-state index contributed by atoms with van der Waals surface area (Å²) in [6.07, 6.45) is 0. The molecule has 0 spiro atoms. The maximum Gasteiger partial charge on any atom is 0.331 e. The van der Waals surface area contributed by atoms with Crippen LogP contribution in [0.3, 0.4) is 0 Å². The number of nitrogens with one attached hydrogen (secondary N) is 1. The minimum atomic E-state index is -1.06. The highest BCUT2D eigenvalue weighted by atomic mass is 32.1. The van der Waals surface area contributed by atoms with Crippen molar-refractivity contribution < 1.29 is 14.7 Å². The molecule has 0 saturated carbocycles. The third-order valence-electron chi connectivity index (χ3n) is 2.64. The summed E-state index contributed by atoms with van der Waals surface area (Å²) < 4.78 is 0. The molecule has 0 fully saturated rings. The number of carboxylic acid groups (broad SMARTS) is 1. The number of hydrogen-bond acceptors (Lipinski definition) is 4. The van der Waals surface area contributed by atoms with E-state index in [-0.39, 0.29) is 5.91 Å². The van der Waals surface area contributed by atoms with Crippen LogP contribution in [-0.4, -0.2) is 17.0 Å². The van der Waals surface area contributed by atoms with Gasteiger partial charge < -0.3 is 10.4 Å². The van der Waals surface area contributed by atoms with Gasteiger partial charge in [-0.05, 0) is 31.4 Å². The van der Waals surface area contributed by atoms with E-state index in [2.05, 4.69) is 5.32 Å². The van der Waals surface area contributed by atoms with Gasteiger partial charge in [-0.2, -0.15) is 0 Å². The van der Waals surface area contributed by atoms with Crippen LogP contribution in [0.5, 0.6) is 0 Å². The van der Waals surface area contributed by atoms with Crippen LogP contribution in [0.4, 0.5) is 0 Å². The standard InChI is InChI=1S/C13H13NO3S2/c1-7-6-9(8(2)19-7)12(15)14-11(13(16)17)10-4-3-5-18-10/h3-6,11H,1-2H3,(H,14,15)(H,16,17). The molecule has 0 radical (unpaired) electrons. The highest BCUT2D eigenvalue weighted by Gasteiger charge is 2.24. The lowest BCUT2D eigenvalue weighted by atomic mass is 10.2. The Morgan fingerprint density at radius 2 is 2.11 bits per heavy atom. The molecule has 1 unspecified atom stereocenters. The first-order chi connectivity index (χ1) is 8.99. The molecular weight excluding hydrogens is 282 g/mol. The largest absolute Gasteiger partial charge is 0.479 e. The number of carbonyl (C=O) groups is 2. The van der Waals surface area contributed by atoms with Crippen LogP contribution in [0.15, 0.2) is 23.6 Å². The van der Waals surface area contributed by atoms with Crippen LogP contribution >= 0.6 is 22.7 Å². The van der Waals surface area contributed by atoms with E-state index in [1.807, 2.05) is 13.8 Å². The van der Waals surface area contributed by atoms with Gasteiger partial charge in [0, 0.05) is 14.6 Å². The second-order valence-electron chi connectivity index (χ2n) is 4.09. The fourth-order valence-corrected chi connectivity index (χ4v) is 3.46. The number of carbonyl (C=O) groups excluding carboxylic acids is 1. The first-order valence-corrected chi connectivity index (χ1v) is 7.32. The summed E-state index contributed by atoms with van der Waals surface area (Å²) >= 11 is 2.84. The van der Waals surface area contributed by atoms with Crippen LogP contribution < -0.4 is 5.32 Å². The lowest BCUT2D eigenvalue weighted by molar-refractivity contribution is -0.139. The minimum absolute atomic E-state index is 0.345. The Morgan fingerprint density at radius 3 is 2.58 bits per heavy atom. The Kier molecular flexibility index (Phi) is 4.01. The molecule has 2 N–H and O–H groups in total. The maximum atomic E-state index is 12.1. The second-order valence-corrected chi connectivity index (χ2v) is 6.53. The highest BCUT2D eigenvalue weighted by Crippen LogP contribution is 2.23. The summed E-state index contributed by atoms with van der Waals surface area (Å²) in [6.45, 7) is 3.77. The molecule has 0 aromatic carbocycles. The van der Waals surface area contributed by atoms with Crippen molar-refractivity contribution >= 4 is 34.6 Å². The summed E-state index contributed by atoms with van der Waals surface area (Å²) in [5.74, 6) is -1.40. The lowest BCUT2D eigenvalue weighted by Gasteiger charge is -2.12. The van der Waals surface area contributed by atoms with Gasteiger partial charge in [0.2, 0.25) is 0 Å². The first kappa shape index (κ1) is 13.8. The summed E-state index contributed by atoms with van der Waals surface area (Å²) in [5.41, 5.74) is 0.547. The van der Waals surface area contributed by atoms with Gasteiger partial charge in [0.15, 0.2) is 6.04 Å². The second kappa shape index (κ2) is 5.54. The molecule has 0 bridgehead atoms. The van der Waals surface area contributed by atoms with Crippen LogP contribution in [0.1, 0.15) is 31.0 Å². The maximum absolute atomic E-state index is 12.1. The van der Waals surface area contributed by atoms with E-state index in [0.29, 0.717) is 10.4 Å². The summed E-state index contributed by atoms with van der Waals surface area (Å²) in [5, 5.41) is 13.6. The molecule has 0 aliphatic carbocycles. The average Bonchev–Trinajstić information content (AvgIpc) is 2.95. The van der Waals surface area contributed by atoms with Gasteiger partial charge in [0.25, 0.3) is 5.91 Å². The number of amides is 1. The number of aliphatic carboxylic acids is 1. The van der Waals surface area contributed by atoms with Crippen molar-refractivity contribution in [2.45, 2.75) is 19.9 Å². The predicted molar refractivity (Wildman–Crippen MR) is 76.0 cm³/mol. The summed E-state index contributed by atoms with van der Waals surface area (Å²) in [4.78, 5) is 25.9. The van der Waals surface area contributed by atoms with E-state index in [1.54, 1.807) is 23.6 Å². The normalized spacial score (nSPS) is 12.1. The van der Waals surface area contributed by atoms with E-state index in [0.717, 1.165) is 9.75 Å². The molecule has 4 nitrogen and oxygen atoms in total. The molecule has 2 aromatic rings. The van der Waals surface area contributed by atoms with Crippen molar-refractivity contribution in [1.29, 1.82) is 0 Å². The first-order valence-electron chi connectivity index (χ1n) is 5.63. The molecule has 1 atom stereocenters. The molecule has 0 aliphatic rings. The number of rotatable bonds is 4. The van der Waals surface area contributed by atoms with Crippen LogP contribution in [0.25, 0.3) is 0 Å². The quantitative estimate of drug-likeness (QED) is 0.911. The zero-order chi connectivity index (χ0) is 14.0. The molecule has 0 saturated heterocycles. The molecule has 2 rings (SSSR count). The van der Waals surface area contributed by atoms with Crippen molar-refractivity contribution in [3.8, 4) is 0 Å². The lowest BCUT2D eigenvalue weighted by Crippen LogP contribution is -2.33. The van der Waals surface area contributed by atoms with Crippen LogP contribution in [0.2, 0.25) is 0 Å². The number of aryl methyl sites for hydroxylation is 2. The molecule has 2 aromatic heterocycles. The van der Waals surface area contributed by atoms with Gasteiger partial charge in [-0.15, -0.1) is 22.7 Å². The third kappa shape index (κ3) is 3.02. The summed E-state index contributed by atoms with van der Waals surface area (Å²) in [6, 6.07) is 4.26. The van der Waals surface area contributed by atoms with E-state index in [9.17, 15) is 14.7 Å². The number of hydrogen-bond donors (Lipinski definition) is 2. The van der Waals surface area contributed by atoms with E-state index >= 15 is 0 Å². The number of carboxylic acids is 1. The monoisotopic (exact) mass is 295 g/mol. The zero-order valence-corrected chi connectivity index (χ0v) is 12.1. The Morgan fingerprint density at radius 1 is 1.37 bits per heavy atom. The third-order valence-corrected chi connectivity index (χ3v) is 4.54. The van der Waals surface area contributed by atoms with Gasteiger partial charge in [-0.1, -0.05) is 6.07 Å². The van der Waals surface area contributed by atoms with Gasteiger partial charge in [-0.25, -0.2) is 4.79 Å². The van der Waals surface area contributed by atoms with Gasteiger partial charge in [-0.3, -0.25) is 4.79 Å². The smallest absolute Gasteiger partial charge is 0.331 e. The topological polar surface area (TPSA) is 66.4 Å². The van der Waals surface area contributed by atoms with Crippen molar-refractivity contribution in [1.82, 2.24) is 5.32 Å². The highest BCUT2D eigenvalue weighted by molar-refractivity contribution is 7.12. The molecular formula is C13H13NO3S2. The molecule has 19 heavy (non-hydrogen) atoms. The van der Waals surface area contributed by atoms with E-state index in [1.165, 1.54) is 22.7 Å². The van der Waals surface area contributed by atoms with Crippen molar-refractivity contribution in [2.75, 3.05) is 0 Å². The molecule has 1 amide bonds. The summed E-state index contributed by atoms with van der Waals surface area (Å²) in [7, 11) is 0. The van der Waals surface area contributed by atoms with Gasteiger partial charge >= 0.3 is 5.97 Å². The van der Waals surface area contributed by atoms with Crippen molar-refractivity contribution in [2.24, 2.45) is 0 Å². The Balaban J connectivity index is 2.21. The van der Waals surface area contributed by atoms with Crippen LogP contribution in [0, 0.1) is 13.8 Å². The van der Waals surface area contributed by atoms with Crippen molar-refractivity contribution in [3.63, 3.8) is 0 Å². The Hall–Kier alpha value is -1.66. The van der Waals surface area contributed by atoms with E-state index < -0.39 is 12.0 Å². The molecule has 100 valence electrons. The zero-order valence-electron chi connectivity index (χ0n) is 10.5. The van der Waals surface area contributed by atoms with Crippen molar-refractivity contribution in [3.05, 3.63) is 43.8 Å². The average molecular weight is 295 g/mol. The fourth-order valence-electron chi connectivity index (χ4n) is 1.78. The van der Waals surface area contributed by atoms with Crippen LogP contribution in [-0.2, 0) is 4.79 Å². The van der Waals surface area contributed by atoms with Gasteiger partial charge in [0.05, 0.1) is 5.56 Å². The minimum Gasteiger partial charge on any atom is -0.479 e. The predicted octanol–water partition coefficient (Wildman–Crippen LogP) is 2.98. The Bertz CT molecular complexity index is 601.